The summed E-state index contributed by atoms with van der Waals surface area (Å²) in [6.45, 7) is 2.69. The summed E-state index contributed by atoms with van der Waals surface area (Å²) in [4.78, 5) is 31.6. The minimum atomic E-state index is -0.432. The molecule has 1 N–H and O–H groups in total. The van der Waals surface area contributed by atoms with Gasteiger partial charge in [0.2, 0.25) is 0 Å². The first kappa shape index (κ1) is 20.2. The molecule has 28 heavy (non-hydrogen) atoms. The molecule has 3 rings (SSSR count). The molecule has 1 saturated heterocycles. The van der Waals surface area contributed by atoms with Crippen molar-refractivity contribution in [1.82, 2.24) is 10.2 Å². The van der Waals surface area contributed by atoms with E-state index in [-0.39, 0.29) is 11.6 Å². The van der Waals surface area contributed by atoms with Crippen LogP contribution < -0.4 is 10.1 Å². The topological polar surface area (TPSA) is 71.0 Å². The first-order valence-electron chi connectivity index (χ1n) is 9.07. The highest BCUT2D eigenvalue weighted by Gasteiger charge is 2.23. The normalized spacial score (nSPS) is 14.6. The fraction of sp³-hybridized carbons (Fsp3) is 0.286. The zero-order valence-corrected chi connectivity index (χ0v) is 17.2. The Kier molecular flexibility index (Phi) is 6.95. The van der Waals surface area contributed by atoms with Crippen molar-refractivity contribution in [3.8, 4) is 5.75 Å². The van der Waals surface area contributed by atoms with Crippen molar-refractivity contribution in [2.24, 2.45) is 4.99 Å². The summed E-state index contributed by atoms with van der Waals surface area (Å²) >= 11 is 3.41. The number of ether oxygens (including phenoxy) is 1. The second-order valence-corrected chi connectivity index (χ2v) is 7.35. The van der Waals surface area contributed by atoms with E-state index in [1.807, 2.05) is 24.3 Å². The molecule has 0 aromatic heterocycles. The Balaban J connectivity index is 1.86. The van der Waals surface area contributed by atoms with Crippen LogP contribution >= 0.6 is 15.9 Å². The predicted molar refractivity (Wildman–Crippen MR) is 112 cm³/mol. The molecule has 6 nitrogen and oxygen atoms in total. The van der Waals surface area contributed by atoms with Gasteiger partial charge in [0.15, 0.2) is 0 Å². The third-order valence-corrected chi connectivity index (χ3v) is 5.04. The average Bonchev–Trinajstić information content (AvgIpc) is 2.75. The van der Waals surface area contributed by atoms with Gasteiger partial charge in [-0.1, -0.05) is 28.1 Å². The molecule has 0 atom stereocenters. The first-order valence-corrected chi connectivity index (χ1v) is 9.86. The van der Waals surface area contributed by atoms with Crippen LogP contribution in [0.2, 0.25) is 0 Å². The zero-order valence-electron chi connectivity index (χ0n) is 15.7. The Hall–Kier alpha value is -2.51. The fourth-order valence-corrected chi connectivity index (χ4v) is 3.19. The number of benzene rings is 2. The van der Waals surface area contributed by atoms with Crippen LogP contribution in [0.15, 0.2) is 58.0 Å². The molecule has 0 unspecified atom stereocenters. The van der Waals surface area contributed by atoms with Crippen LogP contribution in [-0.4, -0.2) is 55.7 Å². The number of carbonyl (C=O) groups is 2. The number of halogens is 1. The Morgan fingerprint density at radius 2 is 1.71 bits per heavy atom. The van der Waals surface area contributed by atoms with E-state index < -0.39 is 5.91 Å². The minimum absolute atomic E-state index is 0.189. The van der Waals surface area contributed by atoms with Crippen LogP contribution in [0.25, 0.3) is 0 Å². The van der Waals surface area contributed by atoms with E-state index in [0.717, 1.165) is 23.1 Å². The number of aliphatic imine (C=N–C) groups is 1. The molecule has 1 aliphatic rings. The van der Waals surface area contributed by atoms with Crippen LogP contribution in [0.1, 0.15) is 15.9 Å². The van der Waals surface area contributed by atoms with Crippen LogP contribution in [0, 0.1) is 0 Å². The zero-order chi connectivity index (χ0) is 19.9. The summed E-state index contributed by atoms with van der Waals surface area (Å²) in [7, 11) is 1.57. The molecule has 0 bridgehead atoms. The van der Waals surface area contributed by atoms with Gasteiger partial charge < -0.3 is 15.0 Å². The largest absolute Gasteiger partial charge is 0.497 e. The third-order valence-electron chi connectivity index (χ3n) is 4.51. The summed E-state index contributed by atoms with van der Waals surface area (Å²) in [5, 5.41) is 3.22. The third kappa shape index (κ3) is 5.27. The highest BCUT2D eigenvalue weighted by molar-refractivity contribution is 9.10. The van der Waals surface area contributed by atoms with Crippen molar-refractivity contribution >= 4 is 33.5 Å². The van der Waals surface area contributed by atoms with E-state index in [0.29, 0.717) is 30.8 Å². The second kappa shape index (κ2) is 9.61. The van der Waals surface area contributed by atoms with Gasteiger partial charge in [0, 0.05) is 42.6 Å². The summed E-state index contributed by atoms with van der Waals surface area (Å²) in [5.41, 5.74) is 1.60. The number of nitrogens with zero attached hydrogens (tertiary/aromatic N) is 2. The van der Waals surface area contributed by atoms with E-state index in [4.69, 9.17) is 4.74 Å². The number of rotatable bonds is 5. The van der Waals surface area contributed by atoms with Crippen LogP contribution in [0.3, 0.4) is 0 Å². The second-order valence-electron chi connectivity index (χ2n) is 6.44. The quantitative estimate of drug-likeness (QED) is 0.721. The smallest absolute Gasteiger partial charge is 0.277 e. The number of carbonyl (C=O) groups excluding carboxylic acids is 2. The van der Waals surface area contributed by atoms with Gasteiger partial charge in [-0.15, -0.1) is 0 Å². The molecule has 2 aromatic carbocycles. The Morgan fingerprint density at radius 3 is 2.32 bits per heavy atom. The van der Waals surface area contributed by atoms with E-state index >= 15 is 0 Å². The molecule has 0 radical (unpaired) electrons. The molecular formula is C21H22BrN3O3. The monoisotopic (exact) mass is 443 g/mol. The molecular weight excluding hydrogens is 422 g/mol. The number of nitrogens with one attached hydrogen (secondary N) is 1. The van der Waals surface area contributed by atoms with Gasteiger partial charge in [0.25, 0.3) is 11.8 Å². The number of hydrogen-bond donors (Lipinski definition) is 1. The van der Waals surface area contributed by atoms with Gasteiger partial charge in [0.05, 0.1) is 7.11 Å². The Labute approximate surface area is 172 Å². The molecule has 1 fully saturated rings. The van der Waals surface area contributed by atoms with E-state index in [9.17, 15) is 9.59 Å². The number of methoxy groups -OCH3 is 1. The standard InChI is InChI=1S/C21H22BrN3O3/c1-28-18-8-4-16(5-9-18)20(26)24-19(14-15-2-6-17(22)7-3-15)21(27)25-12-10-23-11-13-25/h2-9,23H,10-14H2,1H3. The number of amides is 2. The number of hydrogen-bond acceptors (Lipinski definition) is 4. The maximum absolute atomic E-state index is 13.0. The summed E-state index contributed by atoms with van der Waals surface area (Å²) in [6, 6.07) is 14.4. The lowest BCUT2D eigenvalue weighted by atomic mass is 10.1. The Morgan fingerprint density at radius 1 is 1.07 bits per heavy atom. The molecule has 1 aliphatic heterocycles. The summed E-state index contributed by atoms with van der Waals surface area (Å²) in [5.74, 6) is 0.0389. The van der Waals surface area contributed by atoms with Crippen molar-refractivity contribution in [3.63, 3.8) is 0 Å². The van der Waals surface area contributed by atoms with Crippen molar-refractivity contribution in [3.05, 3.63) is 64.1 Å². The number of piperazine rings is 1. The lowest BCUT2D eigenvalue weighted by Crippen LogP contribution is -2.49. The lowest BCUT2D eigenvalue weighted by Gasteiger charge is -2.27. The van der Waals surface area contributed by atoms with Crippen LogP contribution in [-0.2, 0) is 11.2 Å². The molecule has 7 heteroatoms. The van der Waals surface area contributed by atoms with Gasteiger partial charge in [-0.25, -0.2) is 4.99 Å². The molecule has 1 heterocycles. The van der Waals surface area contributed by atoms with Crippen molar-refractivity contribution in [2.45, 2.75) is 6.42 Å². The molecule has 0 aliphatic carbocycles. The maximum Gasteiger partial charge on any atom is 0.277 e. The van der Waals surface area contributed by atoms with Gasteiger partial charge in [-0.05, 0) is 42.0 Å². The summed E-state index contributed by atoms with van der Waals surface area (Å²) in [6.07, 6.45) is 0.304. The molecule has 0 spiro atoms. The van der Waals surface area contributed by atoms with Crippen molar-refractivity contribution in [1.29, 1.82) is 0 Å². The molecule has 146 valence electrons. The van der Waals surface area contributed by atoms with Crippen molar-refractivity contribution < 1.29 is 14.3 Å². The first-order chi connectivity index (χ1) is 13.6. The highest BCUT2D eigenvalue weighted by Crippen LogP contribution is 2.14. The SMILES string of the molecule is COc1ccc(C(=O)N=C(Cc2ccc(Br)cc2)C(=O)N2CCNCC2)cc1. The lowest BCUT2D eigenvalue weighted by molar-refractivity contribution is -0.124. The van der Waals surface area contributed by atoms with Crippen LogP contribution in [0.4, 0.5) is 0 Å². The van der Waals surface area contributed by atoms with Crippen LogP contribution in [0.5, 0.6) is 5.75 Å². The highest BCUT2D eigenvalue weighted by atomic mass is 79.9. The molecule has 0 saturated carbocycles. The predicted octanol–water partition coefficient (Wildman–Crippen LogP) is 2.71. The van der Waals surface area contributed by atoms with E-state index in [1.165, 1.54) is 0 Å². The minimum Gasteiger partial charge on any atom is -0.497 e. The average molecular weight is 444 g/mol. The van der Waals surface area contributed by atoms with E-state index in [1.54, 1.807) is 36.3 Å². The molecule has 2 aromatic rings. The molecule has 2 amide bonds. The Bertz CT molecular complexity index is 857. The van der Waals surface area contributed by atoms with Gasteiger partial charge in [0.1, 0.15) is 11.5 Å². The maximum atomic E-state index is 13.0. The summed E-state index contributed by atoms with van der Waals surface area (Å²) < 4.78 is 6.07. The fourth-order valence-electron chi connectivity index (χ4n) is 2.93. The van der Waals surface area contributed by atoms with Gasteiger partial charge in [-0.3, -0.25) is 9.59 Å². The van der Waals surface area contributed by atoms with Gasteiger partial charge >= 0.3 is 0 Å². The van der Waals surface area contributed by atoms with E-state index in [2.05, 4.69) is 26.2 Å². The van der Waals surface area contributed by atoms with Gasteiger partial charge in [-0.2, -0.15) is 0 Å². The van der Waals surface area contributed by atoms with Crippen molar-refractivity contribution in [2.75, 3.05) is 33.3 Å².